The van der Waals surface area contributed by atoms with Crippen molar-refractivity contribution in [3.05, 3.63) is 85.3 Å². The van der Waals surface area contributed by atoms with E-state index in [1.54, 1.807) is 12.1 Å². The maximum absolute atomic E-state index is 13.4. The molecular formula is C22H15BrN2O3S2. The molecule has 1 N–H and O–H groups in total. The number of H-pyrrole nitrogens is 1. The minimum atomic E-state index is -0.565. The number of fused-ring (bicyclic) bond motifs is 2. The quantitative estimate of drug-likeness (QED) is 0.533. The molecule has 150 valence electrons. The van der Waals surface area contributed by atoms with E-state index in [1.807, 2.05) is 54.6 Å². The number of imide groups is 1. The Hall–Kier alpha value is -2.42. The number of thioether (sulfide) groups is 1. The largest absolute Gasteiger partial charge is 0.307 e. The second-order valence-corrected chi connectivity index (χ2v) is 10.1. The van der Waals surface area contributed by atoms with Gasteiger partial charge in [0.1, 0.15) is 5.25 Å². The molecule has 0 aliphatic carbocycles. The molecule has 1 fully saturated rings. The molecule has 30 heavy (non-hydrogen) atoms. The number of hydrogen-bond acceptors (Lipinski definition) is 5. The van der Waals surface area contributed by atoms with Crippen molar-refractivity contribution in [3.63, 3.8) is 0 Å². The van der Waals surface area contributed by atoms with Gasteiger partial charge in [0.05, 0.1) is 16.6 Å². The van der Waals surface area contributed by atoms with Crippen molar-refractivity contribution < 1.29 is 9.59 Å². The fourth-order valence-electron chi connectivity index (χ4n) is 3.89. The van der Waals surface area contributed by atoms with Crippen LogP contribution in [0.2, 0.25) is 0 Å². The normalized spacial score (nSPS) is 23.1. The summed E-state index contributed by atoms with van der Waals surface area (Å²) >= 11 is 5.78. The summed E-state index contributed by atoms with van der Waals surface area (Å²) < 4.78 is 0.876. The lowest BCUT2D eigenvalue weighted by Gasteiger charge is -2.27. The van der Waals surface area contributed by atoms with Gasteiger partial charge in [-0.15, -0.1) is 0 Å². The first-order valence-electron chi connectivity index (χ1n) is 9.29. The third-order valence-corrected chi connectivity index (χ3v) is 8.20. The summed E-state index contributed by atoms with van der Waals surface area (Å²) in [5.74, 6) is -1.36. The predicted octanol–water partition coefficient (Wildman–Crippen LogP) is 4.66. The van der Waals surface area contributed by atoms with Crippen LogP contribution in [0.3, 0.4) is 0 Å². The molecule has 5 nitrogen and oxygen atoms in total. The summed E-state index contributed by atoms with van der Waals surface area (Å²) in [6.07, 6.45) is 3.90. The Morgan fingerprint density at radius 2 is 1.70 bits per heavy atom. The number of nitrogens with zero attached hydrogens (tertiary/aromatic N) is 1. The molecule has 1 saturated heterocycles. The van der Waals surface area contributed by atoms with E-state index >= 15 is 0 Å². The molecule has 5 rings (SSSR count). The van der Waals surface area contributed by atoms with Gasteiger partial charge in [-0.05, 0) is 29.8 Å². The molecule has 3 heterocycles. The number of allylic oxidation sites excluding steroid dienone is 1. The second-order valence-electron chi connectivity index (χ2n) is 7.06. The Balaban J connectivity index is 1.57. The van der Waals surface area contributed by atoms with Crippen LogP contribution in [0.1, 0.15) is 16.4 Å². The summed E-state index contributed by atoms with van der Waals surface area (Å²) in [7, 11) is 0. The zero-order valence-electron chi connectivity index (χ0n) is 15.4. The number of rotatable bonds is 3. The fraction of sp³-hybridized carbons (Fsp3) is 0.136. The molecule has 2 aromatic carbocycles. The van der Waals surface area contributed by atoms with Gasteiger partial charge in [-0.25, -0.2) is 4.90 Å². The smallest absolute Gasteiger partial charge is 0.305 e. The fourth-order valence-corrected chi connectivity index (χ4v) is 6.64. The number of carbonyl (C=O) groups is 2. The summed E-state index contributed by atoms with van der Waals surface area (Å²) in [5, 5.41) is 0.122. The van der Waals surface area contributed by atoms with E-state index in [0.29, 0.717) is 10.7 Å². The summed E-state index contributed by atoms with van der Waals surface area (Å²) in [5.41, 5.74) is 1.56. The topological polar surface area (TPSA) is 70.2 Å². The van der Waals surface area contributed by atoms with Crippen molar-refractivity contribution in [3.8, 4) is 0 Å². The van der Waals surface area contributed by atoms with Gasteiger partial charge in [-0.3, -0.25) is 14.4 Å². The number of halogens is 1. The molecule has 1 aromatic heterocycles. The molecule has 0 saturated carbocycles. The van der Waals surface area contributed by atoms with E-state index in [4.69, 9.17) is 0 Å². The molecule has 8 heteroatoms. The van der Waals surface area contributed by atoms with Crippen LogP contribution >= 0.6 is 39.0 Å². The van der Waals surface area contributed by atoms with E-state index in [-0.39, 0.29) is 22.6 Å². The van der Waals surface area contributed by atoms with Crippen LogP contribution in [0.4, 0.5) is 5.69 Å². The maximum Gasteiger partial charge on any atom is 0.305 e. The first kappa shape index (κ1) is 19.5. The molecule has 3 atom stereocenters. The molecule has 2 aliphatic rings. The molecule has 2 aliphatic heterocycles. The van der Waals surface area contributed by atoms with Gasteiger partial charge in [-0.2, -0.15) is 0 Å². The molecule has 0 unspecified atom stereocenters. The summed E-state index contributed by atoms with van der Waals surface area (Å²) in [6, 6.07) is 16.9. The van der Waals surface area contributed by atoms with Gasteiger partial charge in [0.2, 0.25) is 11.8 Å². The molecule has 3 aromatic rings. The highest BCUT2D eigenvalue weighted by molar-refractivity contribution is 9.10. The lowest BCUT2D eigenvalue weighted by Crippen LogP contribution is -2.31. The van der Waals surface area contributed by atoms with Crippen molar-refractivity contribution in [1.29, 1.82) is 0 Å². The van der Waals surface area contributed by atoms with E-state index < -0.39 is 11.2 Å². The number of amides is 2. The van der Waals surface area contributed by atoms with Gasteiger partial charge in [0, 0.05) is 15.3 Å². The zero-order chi connectivity index (χ0) is 20.8. The SMILES string of the molecule is O=C1[C@H]2[C@H](Sc3[nH]c(=O)sc3[C@@H]2/C=C/c2ccccc2)C(=O)N1c1ccc(Br)cc1. The Labute approximate surface area is 188 Å². The van der Waals surface area contributed by atoms with Crippen LogP contribution in [-0.4, -0.2) is 22.0 Å². The first-order valence-corrected chi connectivity index (χ1v) is 11.8. The van der Waals surface area contributed by atoms with Gasteiger partial charge >= 0.3 is 4.87 Å². The summed E-state index contributed by atoms with van der Waals surface area (Å²) in [4.78, 5) is 43.5. The van der Waals surface area contributed by atoms with Crippen molar-refractivity contribution in [2.24, 2.45) is 5.92 Å². The average Bonchev–Trinajstić information content (AvgIpc) is 3.24. The molecular weight excluding hydrogens is 484 g/mol. The van der Waals surface area contributed by atoms with Crippen molar-refractivity contribution in [1.82, 2.24) is 4.98 Å². The maximum atomic E-state index is 13.4. The number of aromatic amines is 1. The van der Waals surface area contributed by atoms with Gasteiger partial charge < -0.3 is 4.98 Å². The third kappa shape index (κ3) is 3.29. The minimum Gasteiger partial charge on any atom is -0.307 e. The number of carbonyl (C=O) groups excluding carboxylic acids is 2. The molecule has 0 spiro atoms. The van der Waals surface area contributed by atoms with Gasteiger partial charge in [0.15, 0.2) is 0 Å². The highest BCUT2D eigenvalue weighted by Crippen LogP contribution is 2.51. The average molecular weight is 499 g/mol. The van der Waals surface area contributed by atoms with Gasteiger partial charge in [0.25, 0.3) is 0 Å². The molecule has 2 amide bonds. The summed E-state index contributed by atoms with van der Waals surface area (Å²) in [6.45, 7) is 0. The van der Waals surface area contributed by atoms with Crippen LogP contribution in [0.5, 0.6) is 0 Å². The van der Waals surface area contributed by atoms with Crippen LogP contribution in [0.15, 0.2) is 75.0 Å². The van der Waals surface area contributed by atoms with Crippen LogP contribution in [0, 0.1) is 5.92 Å². The van der Waals surface area contributed by atoms with Crippen LogP contribution < -0.4 is 9.77 Å². The van der Waals surface area contributed by atoms with E-state index in [2.05, 4.69) is 20.9 Å². The lowest BCUT2D eigenvalue weighted by molar-refractivity contribution is -0.122. The predicted molar refractivity (Wildman–Crippen MR) is 123 cm³/mol. The number of nitrogens with one attached hydrogen (secondary N) is 1. The molecule has 0 bridgehead atoms. The minimum absolute atomic E-state index is 0.171. The van der Waals surface area contributed by atoms with Crippen molar-refractivity contribution >= 4 is 62.6 Å². The van der Waals surface area contributed by atoms with E-state index in [0.717, 1.165) is 26.3 Å². The number of aromatic nitrogens is 1. The highest BCUT2D eigenvalue weighted by atomic mass is 79.9. The second kappa shape index (κ2) is 7.68. The monoisotopic (exact) mass is 498 g/mol. The van der Waals surface area contributed by atoms with E-state index in [1.165, 1.54) is 16.7 Å². The lowest BCUT2D eigenvalue weighted by atomic mass is 9.88. The van der Waals surface area contributed by atoms with E-state index in [9.17, 15) is 14.4 Å². The Morgan fingerprint density at radius 1 is 0.967 bits per heavy atom. The highest BCUT2D eigenvalue weighted by Gasteiger charge is 2.55. The Morgan fingerprint density at radius 3 is 2.43 bits per heavy atom. The van der Waals surface area contributed by atoms with Crippen molar-refractivity contribution in [2.45, 2.75) is 16.2 Å². The number of thiazole rings is 1. The molecule has 0 radical (unpaired) electrons. The first-order chi connectivity index (χ1) is 14.5. The van der Waals surface area contributed by atoms with Crippen molar-refractivity contribution in [2.75, 3.05) is 4.90 Å². The zero-order valence-corrected chi connectivity index (χ0v) is 18.7. The van der Waals surface area contributed by atoms with Crippen LogP contribution in [0.25, 0.3) is 6.08 Å². The number of anilines is 1. The number of hydrogen-bond donors (Lipinski definition) is 1. The Bertz CT molecular complexity index is 1220. The standard InChI is InChI=1S/C22H15BrN2O3S2/c23-13-7-9-14(10-8-13)25-20(26)16-15(11-6-12-4-2-1-3-5-12)17-19(24-22(28)30-17)29-18(16)21(25)27/h1-11,15-16,18H,(H,24,28)/b11-6+/t15-,16-,18+/m1/s1. The van der Waals surface area contributed by atoms with Gasteiger partial charge in [-0.1, -0.05) is 81.5 Å². The third-order valence-electron chi connectivity index (χ3n) is 5.25. The Kier molecular flexibility index (Phi) is 5.00. The number of benzene rings is 2. The van der Waals surface area contributed by atoms with Crippen LogP contribution in [-0.2, 0) is 9.59 Å².